The molecule has 0 radical (unpaired) electrons. The molecule has 0 saturated carbocycles. The van der Waals surface area contributed by atoms with Gasteiger partial charge in [0.1, 0.15) is 6.07 Å². The quantitative estimate of drug-likeness (QED) is 0.833. The van der Waals surface area contributed by atoms with Crippen molar-refractivity contribution < 1.29 is 13.2 Å². The molecule has 7 nitrogen and oxygen atoms in total. The molecule has 28 heavy (non-hydrogen) atoms. The summed E-state index contributed by atoms with van der Waals surface area (Å²) in [5, 5.41) is 11.8. The highest BCUT2D eigenvalue weighted by molar-refractivity contribution is 7.89. The minimum atomic E-state index is -3.57. The second-order valence-corrected chi connectivity index (χ2v) is 8.41. The number of amides is 1. The predicted molar refractivity (Wildman–Crippen MR) is 106 cm³/mol. The van der Waals surface area contributed by atoms with Gasteiger partial charge in [-0.05, 0) is 42.9 Å². The van der Waals surface area contributed by atoms with Crippen LogP contribution >= 0.6 is 0 Å². The molecule has 2 aromatic carbocycles. The van der Waals surface area contributed by atoms with E-state index in [1.54, 1.807) is 24.3 Å². The molecule has 1 aliphatic heterocycles. The third-order valence-corrected chi connectivity index (χ3v) is 6.74. The zero-order valence-electron chi connectivity index (χ0n) is 15.6. The van der Waals surface area contributed by atoms with Gasteiger partial charge in [-0.2, -0.15) is 9.57 Å². The van der Waals surface area contributed by atoms with Crippen molar-refractivity contribution in [2.75, 3.05) is 38.0 Å². The van der Waals surface area contributed by atoms with Crippen LogP contribution in [0.4, 0.5) is 5.69 Å². The van der Waals surface area contributed by atoms with Crippen molar-refractivity contribution in [3.63, 3.8) is 0 Å². The molecule has 0 bridgehead atoms. The SMILES string of the molecule is CCN1CCN(S(=O)(=O)c2ccc(C(=O)Nc3ccccc3C#N)cc2)CC1. The summed E-state index contributed by atoms with van der Waals surface area (Å²) in [5.41, 5.74) is 1.10. The number of para-hydroxylation sites is 1. The molecule has 1 heterocycles. The zero-order valence-corrected chi connectivity index (χ0v) is 16.4. The lowest BCUT2D eigenvalue weighted by Gasteiger charge is -2.33. The van der Waals surface area contributed by atoms with Crippen molar-refractivity contribution in [3.05, 3.63) is 59.7 Å². The second kappa shape index (κ2) is 8.52. The molecule has 0 spiro atoms. The minimum Gasteiger partial charge on any atom is -0.321 e. The number of hydrogen-bond acceptors (Lipinski definition) is 5. The summed E-state index contributed by atoms with van der Waals surface area (Å²) in [4.78, 5) is 14.8. The van der Waals surface area contributed by atoms with Gasteiger partial charge in [0.05, 0.1) is 16.1 Å². The molecule has 2 aromatic rings. The largest absolute Gasteiger partial charge is 0.321 e. The first-order valence-corrected chi connectivity index (χ1v) is 10.5. The summed E-state index contributed by atoms with van der Waals surface area (Å²) in [6, 6.07) is 14.6. The van der Waals surface area contributed by atoms with E-state index in [0.717, 1.165) is 6.54 Å². The Balaban J connectivity index is 1.72. The average molecular weight is 398 g/mol. The van der Waals surface area contributed by atoms with Crippen LogP contribution in [0.1, 0.15) is 22.8 Å². The van der Waals surface area contributed by atoms with Crippen molar-refractivity contribution >= 4 is 21.6 Å². The summed E-state index contributed by atoms with van der Waals surface area (Å²) in [7, 11) is -3.57. The second-order valence-electron chi connectivity index (χ2n) is 6.47. The first-order chi connectivity index (χ1) is 13.5. The van der Waals surface area contributed by atoms with Crippen molar-refractivity contribution in [1.82, 2.24) is 9.21 Å². The molecular formula is C20H22N4O3S. The Bertz CT molecular complexity index is 989. The Morgan fingerprint density at radius 2 is 1.71 bits per heavy atom. The Kier molecular flexibility index (Phi) is 6.09. The number of nitrogens with one attached hydrogen (secondary N) is 1. The number of nitriles is 1. The van der Waals surface area contributed by atoms with Gasteiger partial charge in [0.15, 0.2) is 0 Å². The summed E-state index contributed by atoms with van der Waals surface area (Å²) >= 11 is 0. The van der Waals surface area contributed by atoms with E-state index in [4.69, 9.17) is 5.26 Å². The molecule has 8 heteroatoms. The minimum absolute atomic E-state index is 0.173. The first-order valence-electron chi connectivity index (χ1n) is 9.08. The van der Waals surface area contributed by atoms with Gasteiger partial charge in [-0.3, -0.25) is 4.79 Å². The number of rotatable bonds is 5. The molecular weight excluding hydrogens is 376 g/mol. The molecule has 0 aromatic heterocycles. The van der Waals surface area contributed by atoms with Crippen LogP contribution in [0.25, 0.3) is 0 Å². The zero-order chi connectivity index (χ0) is 20.1. The maximum absolute atomic E-state index is 12.8. The number of piperazine rings is 1. The maximum Gasteiger partial charge on any atom is 0.255 e. The van der Waals surface area contributed by atoms with Crippen LogP contribution in [0.2, 0.25) is 0 Å². The van der Waals surface area contributed by atoms with E-state index in [9.17, 15) is 13.2 Å². The summed E-state index contributed by atoms with van der Waals surface area (Å²) in [6.07, 6.45) is 0. The first kappa shape index (κ1) is 20.0. The molecule has 3 rings (SSSR count). The number of carbonyl (C=O) groups is 1. The van der Waals surface area contributed by atoms with Crippen molar-refractivity contribution in [3.8, 4) is 6.07 Å². The van der Waals surface area contributed by atoms with Crippen molar-refractivity contribution in [2.24, 2.45) is 0 Å². The van der Waals surface area contributed by atoms with Crippen molar-refractivity contribution in [2.45, 2.75) is 11.8 Å². The number of likely N-dealkylation sites (N-methyl/N-ethyl adjacent to an activating group) is 1. The smallest absolute Gasteiger partial charge is 0.255 e. The van der Waals surface area contributed by atoms with Crippen LogP contribution in [0.5, 0.6) is 0 Å². The highest BCUT2D eigenvalue weighted by atomic mass is 32.2. The van der Waals surface area contributed by atoms with Gasteiger partial charge in [0.2, 0.25) is 10.0 Å². The van der Waals surface area contributed by atoms with E-state index < -0.39 is 15.9 Å². The van der Waals surface area contributed by atoms with Crippen LogP contribution in [-0.4, -0.2) is 56.3 Å². The molecule has 146 valence electrons. The van der Waals surface area contributed by atoms with E-state index in [2.05, 4.69) is 17.1 Å². The van der Waals surface area contributed by atoms with Gasteiger partial charge in [0, 0.05) is 31.7 Å². The Hall–Kier alpha value is -2.73. The van der Waals surface area contributed by atoms with E-state index in [-0.39, 0.29) is 4.90 Å². The highest BCUT2D eigenvalue weighted by Gasteiger charge is 2.28. The molecule has 1 N–H and O–H groups in total. The van der Waals surface area contributed by atoms with E-state index in [0.29, 0.717) is 43.0 Å². The fourth-order valence-corrected chi connectivity index (χ4v) is 4.52. The van der Waals surface area contributed by atoms with E-state index in [1.807, 2.05) is 6.07 Å². The van der Waals surface area contributed by atoms with Crippen LogP contribution in [0.15, 0.2) is 53.4 Å². The molecule has 1 fully saturated rings. The van der Waals surface area contributed by atoms with Gasteiger partial charge < -0.3 is 10.2 Å². The molecule has 1 saturated heterocycles. The molecule has 0 aliphatic carbocycles. The van der Waals surface area contributed by atoms with E-state index >= 15 is 0 Å². The summed E-state index contributed by atoms with van der Waals surface area (Å²) in [5.74, 6) is -0.400. The fourth-order valence-electron chi connectivity index (χ4n) is 3.10. The molecule has 0 atom stereocenters. The fraction of sp³-hybridized carbons (Fsp3) is 0.300. The van der Waals surface area contributed by atoms with Crippen LogP contribution in [0, 0.1) is 11.3 Å². The van der Waals surface area contributed by atoms with Gasteiger partial charge in [-0.25, -0.2) is 8.42 Å². The Morgan fingerprint density at radius 1 is 1.07 bits per heavy atom. The average Bonchev–Trinajstić information content (AvgIpc) is 2.74. The number of sulfonamides is 1. The lowest BCUT2D eigenvalue weighted by Crippen LogP contribution is -2.48. The normalized spacial score (nSPS) is 15.7. The highest BCUT2D eigenvalue weighted by Crippen LogP contribution is 2.20. The number of nitrogens with zero attached hydrogens (tertiary/aromatic N) is 3. The van der Waals surface area contributed by atoms with Crippen LogP contribution in [-0.2, 0) is 10.0 Å². The van der Waals surface area contributed by atoms with Crippen molar-refractivity contribution in [1.29, 1.82) is 5.26 Å². The van der Waals surface area contributed by atoms with Gasteiger partial charge >= 0.3 is 0 Å². The van der Waals surface area contributed by atoms with Crippen LogP contribution < -0.4 is 5.32 Å². The lowest BCUT2D eigenvalue weighted by molar-refractivity contribution is 0.102. The topological polar surface area (TPSA) is 93.5 Å². The van der Waals surface area contributed by atoms with Gasteiger partial charge in [-0.15, -0.1) is 0 Å². The monoisotopic (exact) mass is 398 g/mol. The molecule has 0 unspecified atom stereocenters. The standard InChI is InChI=1S/C20H22N4O3S/c1-2-23-11-13-24(14-12-23)28(26,27)18-9-7-16(8-10-18)20(25)22-19-6-4-3-5-17(19)15-21/h3-10H,2,11-14H2,1H3,(H,22,25). The van der Waals surface area contributed by atoms with E-state index in [1.165, 1.54) is 28.6 Å². The maximum atomic E-state index is 12.8. The third-order valence-electron chi connectivity index (χ3n) is 4.83. The molecule has 1 amide bonds. The molecule has 1 aliphatic rings. The Labute approximate surface area is 165 Å². The van der Waals surface area contributed by atoms with Gasteiger partial charge in [0.25, 0.3) is 5.91 Å². The summed E-state index contributed by atoms with van der Waals surface area (Å²) < 4.78 is 27.1. The number of hydrogen-bond donors (Lipinski definition) is 1. The predicted octanol–water partition coefficient (Wildman–Crippen LogP) is 2.14. The number of carbonyl (C=O) groups excluding carboxylic acids is 1. The number of benzene rings is 2. The van der Waals surface area contributed by atoms with Crippen LogP contribution in [0.3, 0.4) is 0 Å². The Morgan fingerprint density at radius 3 is 2.32 bits per heavy atom. The van der Waals surface area contributed by atoms with Gasteiger partial charge in [-0.1, -0.05) is 19.1 Å². The number of anilines is 1. The third kappa shape index (κ3) is 4.22. The lowest BCUT2D eigenvalue weighted by atomic mass is 10.1. The summed E-state index contributed by atoms with van der Waals surface area (Å²) in [6.45, 7) is 5.32.